The highest BCUT2D eigenvalue weighted by molar-refractivity contribution is 5.83. The van der Waals surface area contributed by atoms with Crippen LogP contribution >= 0.6 is 0 Å². The Morgan fingerprint density at radius 3 is 2.59 bits per heavy atom. The zero-order valence-corrected chi connectivity index (χ0v) is 11.4. The van der Waals surface area contributed by atoms with E-state index < -0.39 is 0 Å². The van der Waals surface area contributed by atoms with Crippen LogP contribution in [0, 0.1) is 5.92 Å². The predicted molar refractivity (Wildman–Crippen MR) is 68.8 cm³/mol. The maximum absolute atomic E-state index is 11.9. The molecule has 0 radical (unpaired) electrons. The van der Waals surface area contributed by atoms with Crippen LogP contribution in [0.15, 0.2) is 0 Å². The average molecular weight is 239 g/mol. The summed E-state index contributed by atoms with van der Waals surface area (Å²) in [4.78, 5) is 16.1. The van der Waals surface area contributed by atoms with Gasteiger partial charge >= 0.3 is 0 Å². The molecule has 2 saturated heterocycles. The van der Waals surface area contributed by atoms with E-state index >= 15 is 0 Å². The Morgan fingerprint density at radius 1 is 1.29 bits per heavy atom. The number of nitrogens with zero attached hydrogens (tertiary/aromatic N) is 2. The molecule has 0 spiro atoms. The Morgan fingerprint density at radius 2 is 2.00 bits per heavy atom. The molecule has 0 bridgehead atoms. The standard InChI is InChI=1S/C13H25N3O/c1-9-8-16(4)10(2)7-12(9)14-11-5-6-15(3)13(11)17/h9-12,14H,5-8H2,1-4H3. The first kappa shape index (κ1) is 12.8. The van der Waals surface area contributed by atoms with Crippen LogP contribution in [0.4, 0.5) is 0 Å². The normalized spacial score (nSPS) is 40.0. The second kappa shape index (κ2) is 4.94. The van der Waals surface area contributed by atoms with E-state index in [1.807, 2.05) is 11.9 Å². The number of hydrogen-bond acceptors (Lipinski definition) is 3. The smallest absolute Gasteiger partial charge is 0.239 e. The van der Waals surface area contributed by atoms with Gasteiger partial charge < -0.3 is 15.1 Å². The third-order valence-electron chi connectivity index (χ3n) is 4.45. The van der Waals surface area contributed by atoms with Gasteiger partial charge in [0.25, 0.3) is 0 Å². The molecular formula is C13H25N3O. The molecule has 2 rings (SSSR count). The summed E-state index contributed by atoms with van der Waals surface area (Å²) in [6, 6.07) is 1.16. The number of piperidine rings is 1. The maximum atomic E-state index is 11.9. The molecule has 1 N–H and O–H groups in total. The molecule has 0 aromatic heterocycles. The van der Waals surface area contributed by atoms with E-state index in [0.29, 0.717) is 18.0 Å². The number of amides is 1. The van der Waals surface area contributed by atoms with Crippen molar-refractivity contribution in [2.24, 2.45) is 5.92 Å². The van der Waals surface area contributed by atoms with E-state index in [4.69, 9.17) is 0 Å². The first-order valence-corrected chi connectivity index (χ1v) is 6.70. The second-order valence-electron chi connectivity index (χ2n) is 5.88. The van der Waals surface area contributed by atoms with Gasteiger partial charge in [0.1, 0.15) is 0 Å². The van der Waals surface area contributed by atoms with Gasteiger partial charge in [-0.2, -0.15) is 0 Å². The summed E-state index contributed by atoms with van der Waals surface area (Å²) in [6.45, 7) is 6.56. The Hall–Kier alpha value is -0.610. The Kier molecular flexibility index (Phi) is 3.73. The fourth-order valence-electron chi connectivity index (χ4n) is 3.01. The first-order chi connectivity index (χ1) is 7.99. The molecular weight excluding hydrogens is 214 g/mol. The maximum Gasteiger partial charge on any atom is 0.239 e. The molecule has 2 fully saturated rings. The highest BCUT2D eigenvalue weighted by Gasteiger charge is 2.35. The summed E-state index contributed by atoms with van der Waals surface area (Å²) in [5.74, 6) is 0.888. The van der Waals surface area contributed by atoms with Crippen molar-refractivity contribution in [2.75, 3.05) is 27.2 Å². The molecule has 2 heterocycles. The number of likely N-dealkylation sites (N-methyl/N-ethyl adjacent to an activating group) is 1. The van der Waals surface area contributed by atoms with Crippen LogP contribution in [-0.4, -0.2) is 61.0 Å². The third kappa shape index (κ3) is 2.63. The Balaban J connectivity index is 1.92. The van der Waals surface area contributed by atoms with Gasteiger partial charge in [0.15, 0.2) is 0 Å². The predicted octanol–water partition coefficient (Wildman–Crippen LogP) is 0.535. The number of carbonyl (C=O) groups is 1. The minimum Gasteiger partial charge on any atom is -0.344 e. The van der Waals surface area contributed by atoms with E-state index in [-0.39, 0.29) is 11.9 Å². The van der Waals surface area contributed by atoms with E-state index in [0.717, 1.165) is 25.9 Å². The summed E-state index contributed by atoms with van der Waals surface area (Å²) in [7, 11) is 4.08. The lowest BCUT2D eigenvalue weighted by atomic mass is 9.89. The quantitative estimate of drug-likeness (QED) is 0.764. The van der Waals surface area contributed by atoms with Crippen molar-refractivity contribution < 1.29 is 4.79 Å². The number of nitrogens with one attached hydrogen (secondary N) is 1. The summed E-state index contributed by atoms with van der Waals surface area (Å²) < 4.78 is 0. The molecule has 0 aromatic rings. The molecule has 1 amide bonds. The van der Waals surface area contributed by atoms with Crippen molar-refractivity contribution >= 4 is 5.91 Å². The molecule has 4 heteroatoms. The van der Waals surface area contributed by atoms with Crippen LogP contribution < -0.4 is 5.32 Å². The molecule has 17 heavy (non-hydrogen) atoms. The van der Waals surface area contributed by atoms with Gasteiger partial charge in [0.2, 0.25) is 5.91 Å². The monoisotopic (exact) mass is 239 g/mol. The van der Waals surface area contributed by atoms with Crippen LogP contribution in [0.25, 0.3) is 0 Å². The number of carbonyl (C=O) groups excluding carboxylic acids is 1. The lowest BCUT2D eigenvalue weighted by Gasteiger charge is -2.40. The SMILES string of the molecule is CC1CN(C)C(C)CC1NC1CCN(C)C1=O. The van der Waals surface area contributed by atoms with Crippen LogP contribution in [-0.2, 0) is 4.79 Å². The number of likely N-dealkylation sites (tertiary alicyclic amines) is 2. The first-order valence-electron chi connectivity index (χ1n) is 6.70. The Labute approximate surface area is 104 Å². The summed E-state index contributed by atoms with van der Waals surface area (Å²) in [5, 5.41) is 3.58. The van der Waals surface area contributed by atoms with Gasteiger partial charge in [-0.25, -0.2) is 0 Å². The molecule has 4 nitrogen and oxygen atoms in total. The zero-order valence-electron chi connectivity index (χ0n) is 11.4. The van der Waals surface area contributed by atoms with Crippen molar-refractivity contribution in [1.29, 1.82) is 0 Å². The fraction of sp³-hybridized carbons (Fsp3) is 0.923. The molecule has 0 saturated carbocycles. The van der Waals surface area contributed by atoms with E-state index in [1.165, 1.54) is 0 Å². The molecule has 4 unspecified atom stereocenters. The van der Waals surface area contributed by atoms with E-state index in [1.54, 1.807) is 0 Å². The fourth-order valence-corrected chi connectivity index (χ4v) is 3.01. The van der Waals surface area contributed by atoms with Crippen LogP contribution in [0.5, 0.6) is 0 Å². The molecule has 0 aromatic carbocycles. The summed E-state index contributed by atoms with van der Waals surface area (Å²) >= 11 is 0. The lowest BCUT2D eigenvalue weighted by molar-refractivity contribution is -0.128. The molecule has 0 aliphatic carbocycles. The van der Waals surface area contributed by atoms with Crippen molar-refractivity contribution in [3.63, 3.8) is 0 Å². The number of hydrogen-bond donors (Lipinski definition) is 1. The van der Waals surface area contributed by atoms with Crippen molar-refractivity contribution in [1.82, 2.24) is 15.1 Å². The minimum absolute atomic E-state index is 0.0584. The van der Waals surface area contributed by atoms with Gasteiger partial charge in [-0.05, 0) is 32.7 Å². The molecule has 2 aliphatic rings. The van der Waals surface area contributed by atoms with Gasteiger partial charge in [0.05, 0.1) is 6.04 Å². The second-order valence-corrected chi connectivity index (χ2v) is 5.88. The number of rotatable bonds is 2. The van der Waals surface area contributed by atoms with Gasteiger partial charge in [-0.15, -0.1) is 0 Å². The molecule has 98 valence electrons. The summed E-state index contributed by atoms with van der Waals surface area (Å²) in [5.41, 5.74) is 0. The third-order valence-corrected chi connectivity index (χ3v) is 4.45. The molecule has 2 aliphatic heterocycles. The van der Waals surface area contributed by atoms with E-state index in [9.17, 15) is 4.79 Å². The van der Waals surface area contributed by atoms with Gasteiger partial charge in [-0.3, -0.25) is 4.79 Å². The average Bonchev–Trinajstić information content (AvgIpc) is 2.58. The van der Waals surface area contributed by atoms with E-state index in [2.05, 4.69) is 31.1 Å². The zero-order chi connectivity index (χ0) is 12.6. The van der Waals surface area contributed by atoms with Crippen LogP contribution in [0.1, 0.15) is 26.7 Å². The minimum atomic E-state index is 0.0584. The van der Waals surface area contributed by atoms with Crippen LogP contribution in [0.2, 0.25) is 0 Å². The highest BCUT2D eigenvalue weighted by Crippen LogP contribution is 2.22. The largest absolute Gasteiger partial charge is 0.344 e. The van der Waals surface area contributed by atoms with Crippen molar-refractivity contribution in [2.45, 2.75) is 44.8 Å². The lowest BCUT2D eigenvalue weighted by Crippen LogP contribution is -2.54. The van der Waals surface area contributed by atoms with Gasteiger partial charge in [-0.1, -0.05) is 6.92 Å². The summed E-state index contributed by atoms with van der Waals surface area (Å²) in [6.07, 6.45) is 2.11. The highest BCUT2D eigenvalue weighted by atomic mass is 16.2. The molecule has 4 atom stereocenters. The van der Waals surface area contributed by atoms with Crippen molar-refractivity contribution in [3.8, 4) is 0 Å². The Bertz CT molecular complexity index is 294. The van der Waals surface area contributed by atoms with Crippen molar-refractivity contribution in [3.05, 3.63) is 0 Å². The van der Waals surface area contributed by atoms with Gasteiger partial charge in [0, 0.05) is 32.2 Å². The topological polar surface area (TPSA) is 35.6 Å². The van der Waals surface area contributed by atoms with Crippen LogP contribution in [0.3, 0.4) is 0 Å².